The van der Waals surface area contributed by atoms with Crippen LogP contribution in [0.1, 0.15) is 77.6 Å². The van der Waals surface area contributed by atoms with Crippen LogP contribution >= 0.6 is 24.8 Å². The van der Waals surface area contributed by atoms with Crippen molar-refractivity contribution in [2.75, 3.05) is 0 Å². The maximum absolute atomic E-state index is 13.5. The van der Waals surface area contributed by atoms with Crippen molar-refractivity contribution in [2.24, 2.45) is 23.7 Å². The molecule has 0 bridgehead atoms. The summed E-state index contributed by atoms with van der Waals surface area (Å²) in [7, 11) is 0. The smallest absolute Gasteiger partial charge is 0.147 e. The fourth-order valence-electron chi connectivity index (χ4n) is 7.23. The van der Waals surface area contributed by atoms with Crippen molar-refractivity contribution in [2.45, 2.75) is 81.6 Å². The van der Waals surface area contributed by atoms with Crippen LogP contribution in [0.15, 0.2) is 144 Å². The molecular weight excluding hydrogens is 1230 g/mol. The second-order valence-corrected chi connectivity index (χ2v) is 42.0. The summed E-state index contributed by atoms with van der Waals surface area (Å²) in [6.07, 6.45) is 21.2. The van der Waals surface area contributed by atoms with Crippen LogP contribution in [0.25, 0.3) is 22.3 Å². The molecule has 0 saturated heterocycles. The maximum atomic E-state index is 13.5. The van der Waals surface area contributed by atoms with E-state index >= 15 is 0 Å². The SMILES string of the molecule is CC1=[C-]C(C)C=C1c1ccccc1F.CC1=[C-]C(C)C=C1c1ccccc1F.CC1=[C-]C(C)C=C1c1ccccc1F.CC1=[C-]C(C)C=C1c1ccccc1F.C[Si](C)=[Hf+2].C[Si](C)=[Hf+2].Cl.Cl. The number of halogens is 6. The molecule has 4 aromatic carbocycles. The van der Waals surface area contributed by atoms with Crippen LogP contribution in [0.2, 0.25) is 26.2 Å². The average molecular weight is 1300 g/mol. The first-order chi connectivity index (χ1) is 30.2. The molecule has 0 spiro atoms. The van der Waals surface area contributed by atoms with Crippen molar-refractivity contribution in [1.29, 1.82) is 0 Å². The van der Waals surface area contributed by atoms with Gasteiger partial charge in [-0.25, -0.2) is 39.9 Å². The van der Waals surface area contributed by atoms with Gasteiger partial charge in [-0.2, -0.15) is 46.6 Å². The minimum Gasteiger partial charge on any atom is -0.147 e. The Bertz CT molecular complexity index is 2200. The van der Waals surface area contributed by atoms with E-state index in [1.54, 1.807) is 24.3 Å². The molecule has 4 atom stereocenters. The van der Waals surface area contributed by atoms with E-state index in [4.69, 9.17) is 0 Å². The fourth-order valence-corrected chi connectivity index (χ4v) is 7.23. The molecule has 10 heteroatoms. The Balaban J connectivity index is 0.000000413. The molecular formula is C56H62Cl2F4Hf2Si2. The minimum absolute atomic E-state index is 0. The van der Waals surface area contributed by atoms with Crippen molar-refractivity contribution in [3.63, 3.8) is 0 Å². The Labute approximate surface area is 436 Å². The third kappa shape index (κ3) is 20.1. The van der Waals surface area contributed by atoms with Crippen LogP contribution < -0.4 is 0 Å². The second-order valence-electron chi connectivity index (χ2n) is 16.5. The van der Waals surface area contributed by atoms with Gasteiger partial charge in [-0.1, -0.05) is 174 Å². The van der Waals surface area contributed by atoms with E-state index in [-0.39, 0.29) is 59.1 Å². The van der Waals surface area contributed by atoms with E-state index in [0.29, 0.717) is 45.9 Å². The molecule has 0 fully saturated rings. The van der Waals surface area contributed by atoms with Crippen LogP contribution in [0.4, 0.5) is 17.6 Å². The van der Waals surface area contributed by atoms with Gasteiger partial charge in [-0.05, 0) is 24.3 Å². The first-order valence-electron chi connectivity index (χ1n) is 21.5. The van der Waals surface area contributed by atoms with Gasteiger partial charge in [0.25, 0.3) is 0 Å². The summed E-state index contributed by atoms with van der Waals surface area (Å²) in [6.45, 7) is 25.4. The van der Waals surface area contributed by atoms with Crippen molar-refractivity contribution >= 4 is 58.1 Å². The minimum atomic E-state index is -0.158. The monoisotopic (exact) mass is 1300 g/mol. The number of hydrogen-bond acceptors (Lipinski definition) is 0. The van der Waals surface area contributed by atoms with Crippen LogP contribution in [0.5, 0.6) is 0 Å². The van der Waals surface area contributed by atoms with E-state index < -0.39 is 0 Å². The molecule has 0 nitrogen and oxygen atoms in total. The van der Waals surface area contributed by atoms with Gasteiger partial charge >= 0.3 is 83.2 Å². The van der Waals surface area contributed by atoms with Crippen LogP contribution in [0.3, 0.4) is 0 Å². The molecule has 0 aliphatic heterocycles. The third-order valence-corrected chi connectivity index (χ3v) is 9.72. The van der Waals surface area contributed by atoms with E-state index in [0.717, 1.165) is 44.6 Å². The number of benzene rings is 4. The quantitative estimate of drug-likeness (QED) is 0.109. The Morgan fingerprint density at radius 3 is 0.636 bits per heavy atom. The summed E-state index contributed by atoms with van der Waals surface area (Å²) >= 11 is 2.90. The van der Waals surface area contributed by atoms with Crippen molar-refractivity contribution in [3.05, 3.63) is 213 Å². The number of allylic oxidation sites excluding steroid dienone is 16. The standard InChI is InChI=1S/4C13H12F.2C2H6Si.2ClH.2Hf/c4*1-9-7-10(2)12(8-9)11-5-3-4-6-13(11)14;2*1-3-2;;;;/h4*3-6,8-9H,1-2H3;2*1-2H3;2*1H;;/q4*-1;;;;;2*+2. The Hall–Kier alpha value is -2.73. The summed E-state index contributed by atoms with van der Waals surface area (Å²) in [5.41, 5.74) is 11.4. The maximum Gasteiger partial charge on any atom is -0.147 e. The van der Waals surface area contributed by atoms with Crippen molar-refractivity contribution in [3.8, 4) is 0 Å². The van der Waals surface area contributed by atoms with Gasteiger partial charge in [0.1, 0.15) is 23.3 Å². The molecule has 0 saturated carbocycles. The summed E-state index contributed by atoms with van der Waals surface area (Å²) in [6, 6.07) is 27.5. The van der Waals surface area contributed by atoms with E-state index in [1.807, 2.05) is 101 Å². The van der Waals surface area contributed by atoms with Gasteiger partial charge in [-0.15, -0.1) is 24.8 Å². The molecule has 66 heavy (non-hydrogen) atoms. The molecule has 0 aromatic heterocycles. The number of hydrogen-bond donors (Lipinski definition) is 0. The molecule has 4 aromatic rings. The zero-order valence-electron chi connectivity index (χ0n) is 40.2. The normalized spacial score (nSPS) is 18.4. The predicted octanol–water partition coefficient (Wildman–Crippen LogP) is 16.8. The molecule has 4 aliphatic rings. The molecule has 4 aliphatic carbocycles. The van der Waals surface area contributed by atoms with E-state index in [2.05, 4.69) is 78.2 Å². The van der Waals surface area contributed by atoms with Gasteiger partial charge < -0.3 is 0 Å². The van der Waals surface area contributed by atoms with Gasteiger partial charge in [0, 0.05) is 0 Å². The molecule has 344 valence electrons. The van der Waals surface area contributed by atoms with Gasteiger partial charge in [0.05, 0.1) is 0 Å². The van der Waals surface area contributed by atoms with Crippen molar-refractivity contribution in [1.82, 2.24) is 0 Å². The summed E-state index contributed by atoms with van der Waals surface area (Å²) < 4.78 is 53.8. The first kappa shape index (κ1) is 61.3. The molecule has 8 rings (SSSR count). The third-order valence-electron chi connectivity index (χ3n) is 9.72. The van der Waals surface area contributed by atoms with Crippen LogP contribution in [-0.2, 0) is 46.0 Å². The molecule has 0 amide bonds. The number of rotatable bonds is 4. The largest absolute Gasteiger partial charge is 0.147 e. The molecule has 0 radical (unpaired) electrons. The molecule has 0 heterocycles. The zero-order valence-corrected chi connectivity index (χ0v) is 51.0. The van der Waals surface area contributed by atoms with Crippen molar-refractivity contribution < 1.29 is 63.6 Å². The molecule has 4 unspecified atom stereocenters. The summed E-state index contributed by atoms with van der Waals surface area (Å²) in [4.78, 5) is 0. The predicted molar refractivity (Wildman–Crippen MR) is 273 cm³/mol. The summed E-state index contributed by atoms with van der Waals surface area (Å²) in [5, 5.41) is 0. The van der Waals surface area contributed by atoms with E-state index in [1.165, 1.54) is 70.3 Å². The second kappa shape index (κ2) is 30.7. The first-order valence-corrected chi connectivity index (χ1v) is 37.3. The summed E-state index contributed by atoms with van der Waals surface area (Å²) in [5.74, 6) is 0.550. The Kier molecular flexibility index (Phi) is 28.5. The Morgan fingerprint density at radius 2 is 0.515 bits per heavy atom. The van der Waals surface area contributed by atoms with E-state index in [9.17, 15) is 17.6 Å². The van der Waals surface area contributed by atoms with Crippen LogP contribution in [0, 0.1) is 71.2 Å². The fraction of sp³-hybridized carbons (Fsp3) is 0.286. The topological polar surface area (TPSA) is 0 Å². The van der Waals surface area contributed by atoms with Gasteiger partial charge in [0.15, 0.2) is 0 Å². The Morgan fingerprint density at radius 1 is 0.364 bits per heavy atom. The van der Waals surface area contributed by atoms with Gasteiger partial charge in [-0.3, -0.25) is 24.3 Å². The zero-order chi connectivity index (χ0) is 47.7. The molecule has 0 N–H and O–H groups in total. The van der Waals surface area contributed by atoms with Crippen LogP contribution in [-0.4, -0.2) is 11.0 Å². The average Bonchev–Trinajstić information content (AvgIpc) is 3.95. The van der Waals surface area contributed by atoms with Gasteiger partial charge in [0.2, 0.25) is 0 Å².